The Labute approximate surface area is 217 Å². The lowest BCUT2D eigenvalue weighted by atomic mass is 9.99. The van der Waals surface area contributed by atoms with Gasteiger partial charge in [0.2, 0.25) is 5.91 Å². The lowest BCUT2D eigenvalue weighted by molar-refractivity contribution is -0.137. The van der Waals surface area contributed by atoms with Gasteiger partial charge in [-0.3, -0.25) is 9.59 Å². The maximum atomic E-state index is 12.7. The van der Waals surface area contributed by atoms with Gasteiger partial charge >= 0.3 is 5.97 Å². The number of carbonyl (C=O) groups excluding carboxylic acids is 2. The van der Waals surface area contributed by atoms with Gasteiger partial charge in [-0.2, -0.15) is 5.26 Å². The number of aryl methyl sites for hydroxylation is 1. The molecule has 0 bridgehead atoms. The molecule has 198 valence electrons. The molecule has 2 aromatic carbocycles. The fourth-order valence-corrected chi connectivity index (χ4v) is 3.63. The normalized spacial score (nSPS) is 14.1. The molecule has 2 aromatic rings. The van der Waals surface area contributed by atoms with Gasteiger partial charge < -0.3 is 30.3 Å². The molecular weight excluding hydrogens is 474 g/mol. The summed E-state index contributed by atoms with van der Waals surface area (Å²) >= 11 is 0. The van der Waals surface area contributed by atoms with Gasteiger partial charge in [0, 0.05) is 26.3 Å². The number of amides is 1. The molecule has 4 atom stereocenters. The number of ether oxygens (including phenoxy) is 2. The molecule has 4 unspecified atom stereocenters. The highest BCUT2D eigenvalue weighted by Crippen LogP contribution is 2.27. The Kier molecular flexibility index (Phi) is 11.9. The third-order valence-electron chi connectivity index (χ3n) is 5.63. The fraction of sp³-hybridized carbons (Fsp3) is 0.393. The van der Waals surface area contributed by atoms with E-state index in [2.05, 4.69) is 23.3 Å². The third-order valence-corrected chi connectivity index (χ3v) is 5.63. The van der Waals surface area contributed by atoms with E-state index in [0.29, 0.717) is 5.75 Å². The second-order valence-electron chi connectivity index (χ2n) is 8.70. The number of likely N-dealkylation sites (N-methyl/N-ethyl adjacent to an activating group) is 1. The highest BCUT2D eigenvalue weighted by molar-refractivity contribution is 5.81. The SMILES string of the molecule is C=CCC(OCC(O)C(O)CNC)C(=O)NC(C#N)Cc1ccc(-c2ccc(OC(C)=O)c(C)c2)cc1. The molecule has 4 N–H and O–H groups in total. The summed E-state index contributed by atoms with van der Waals surface area (Å²) in [6.45, 7) is 6.79. The first kappa shape index (κ1) is 29.7. The van der Waals surface area contributed by atoms with Crippen LogP contribution in [-0.2, 0) is 20.7 Å². The smallest absolute Gasteiger partial charge is 0.308 e. The highest BCUT2D eigenvalue weighted by atomic mass is 16.5. The molecule has 0 aliphatic rings. The van der Waals surface area contributed by atoms with Crippen LogP contribution in [0.4, 0.5) is 0 Å². The minimum Gasteiger partial charge on any atom is -0.426 e. The van der Waals surface area contributed by atoms with E-state index in [1.54, 1.807) is 13.1 Å². The Morgan fingerprint density at radius 1 is 1.14 bits per heavy atom. The minimum atomic E-state index is -1.17. The first-order valence-electron chi connectivity index (χ1n) is 12.0. The fourth-order valence-electron chi connectivity index (χ4n) is 3.63. The molecule has 0 aliphatic carbocycles. The summed E-state index contributed by atoms with van der Waals surface area (Å²) < 4.78 is 10.7. The molecule has 9 heteroatoms. The molecule has 0 heterocycles. The lowest BCUT2D eigenvalue weighted by Gasteiger charge is -2.22. The van der Waals surface area contributed by atoms with Gasteiger partial charge in [-0.05, 0) is 48.4 Å². The molecule has 0 aliphatic heterocycles. The summed E-state index contributed by atoms with van der Waals surface area (Å²) in [7, 11) is 1.64. The molecule has 2 rings (SSSR count). The summed E-state index contributed by atoms with van der Waals surface area (Å²) in [5.41, 5.74) is 3.61. The average Bonchev–Trinajstić information content (AvgIpc) is 2.87. The van der Waals surface area contributed by atoms with Crippen LogP contribution in [-0.4, -0.2) is 66.6 Å². The van der Waals surface area contributed by atoms with Gasteiger partial charge in [-0.1, -0.05) is 36.4 Å². The maximum absolute atomic E-state index is 12.7. The van der Waals surface area contributed by atoms with Crippen molar-refractivity contribution in [2.24, 2.45) is 0 Å². The van der Waals surface area contributed by atoms with E-state index in [0.717, 1.165) is 22.3 Å². The van der Waals surface area contributed by atoms with Gasteiger partial charge in [0.05, 0.1) is 18.8 Å². The largest absolute Gasteiger partial charge is 0.426 e. The summed E-state index contributed by atoms with van der Waals surface area (Å²) in [6.07, 6.45) is -1.17. The van der Waals surface area contributed by atoms with Gasteiger partial charge in [0.25, 0.3) is 0 Å². The van der Waals surface area contributed by atoms with Crippen molar-refractivity contribution >= 4 is 11.9 Å². The predicted molar refractivity (Wildman–Crippen MR) is 140 cm³/mol. The quantitative estimate of drug-likeness (QED) is 0.172. The van der Waals surface area contributed by atoms with Crippen LogP contribution in [0.25, 0.3) is 11.1 Å². The third kappa shape index (κ3) is 9.44. The number of benzene rings is 2. The van der Waals surface area contributed by atoms with E-state index < -0.39 is 30.3 Å². The van der Waals surface area contributed by atoms with Gasteiger partial charge in [-0.25, -0.2) is 0 Å². The first-order valence-corrected chi connectivity index (χ1v) is 12.0. The van der Waals surface area contributed by atoms with Crippen LogP contribution in [0, 0.1) is 18.3 Å². The van der Waals surface area contributed by atoms with Crippen LogP contribution in [0.3, 0.4) is 0 Å². The van der Waals surface area contributed by atoms with Crippen molar-refractivity contribution in [3.05, 3.63) is 66.2 Å². The topological polar surface area (TPSA) is 141 Å². The van der Waals surface area contributed by atoms with Gasteiger partial charge in [-0.15, -0.1) is 6.58 Å². The number of nitrogens with zero attached hydrogens (tertiary/aromatic N) is 1. The average molecular weight is 510 g/mol. The Bertz CT molecular complexity index is 1100. The van der Waals surface area contributed by atoms with E-state index in [4.69, 9.17) is 9.47 Å². The van der Waals surface area contributed by atoms with E-state index >= 15 is 0 Å². The Morgan fingerprint density at radius 2 is 1.81 bits per heavy atom. The van der Waals surface area contributed by atoms with E-state index in [1.807, 2.05) is 43.3 Å². The zero-order chi connectivity index (χ0) is 27.4. The van der Waals surface area contributed by atoms with Crippen molar-refractivity contribution in [2.75, 3.05) is 20.2 Å². The zero-order valence-electron chi connectivity index (χ0n) is 21.4. The Hall–Kier alpha value is -3.55. The molecule has 0 saturated carbocycles. The highest BCUT2D eigenvalue weighted by Gasteiger charge is 2.24. The summed E-state index contributed by atoms with van der Waals surface area (Å²) in [5.74, 6) is -0.354. The number of carbonyl (C=O) groups is 2. The Balaban J connectivity index is 2.00. The Morgan fingerprint density at radius 3 is 2.38 bits per heavy atom. The van der Waals surface area contributed by atoms with E-state index in [9.17, 15) is 25.1 Å². The van der Waals surface area contributed by atoms with Crippen molar-refractivity contribution in [3.63, 3.8) is 0 Å². The number of nitrogens with one attached hydrogen (secondary N) is 2. The van der Waals surface area contributed by atoms with Crippen LogP contribution in [0.1, 0.15) is 24.5 Å². The second kappa shape index (κ2) is 14.9. The van der Waals surface area contributed by atoms with Crippen molar-refractivity contribution in [3.8, 4) is 22.9 Å². The van der Waals surface area contributed by atoms with E-state index in [1.165, 1.54) is 13.0 Å². The summed E-state index contributed by atoms with van der Waals surface area (Å²) in [4.78, 5) is 24.0. The number of aliphatic hydroxyl groups excluding tert-OH is 2. The first-order chi connectivity index (χ1) is 17.7. The molecule has 1 amide bonds. The van der Waals surface area contributed by atoms with Crippen LogP contribution >= 0.6 is 0 Å². The molecule has 0 spiro atoms. The van der Waals surface area contributed by atoms with E-state index in [-0.39, 0.29) is 32.0 Å². The number of hydrogen-bond acceptors (Lipinski definition) is 8. The standard InChI is InChI=1S/C28H35N3O6/c1-5-6-27(36-17-25(34)24(33)16-30-4)28(35)31-23(15-29)14-20-7-9-21(10-8-20)22-11-12-26(18(2)13-22)37-19(3)32/h5,7-13,23-25,27,30,33-34H,1,6,14,16-17H2,2-4H3,(H,31,35). The van der Waals surface area contributed by atoms with Gasteiger partial charge in [0.15, 0.2) is 0 Å². The minimum absolute atomic E-state index is 0.178. The van der Waals surface area contributed by atoms with Gasteiger partial charge in [0.1, 0.15) is 24.0 Å². The molecule has 37 heavy (non-hydrogen) atoms. The molecular formula is C28H35N3O6. The molecule has 0 aromatic heterocycles. The predicted octanol–water partition coefficient (Wildman–Crippen LogP) is 2.04. The van der Waals surface area contributed by atoms with Crippen LogP contribution < -0.4 is 15.4 Å². The number of nitriles is 1. The monoisotopic (exact) mass is 509 g/mol. The summed E-state index contributed by atoms with van der Waals surface area (Å²) in [6, 6.07) is 14.5. The lowest BCUT2D eigenvalue weighted by Crippen LogP contribution is -2.45. The molecule has 0 radical (unpaired) electrons. The second-order valence-corrected chi connectivity index (χ2v) is 8.70. The van der Waals surface area contributed by atoms with Crippen LogP contribution in [0.15, 0.2) is 55.1 Å². The van der Waals surface area contributed by atoms with Crippen molar-refractivity contribution in [2.45, 2.75) is 51.0 Å². The van der Waals surface area contributed by atoms with Crippen LogP contribution in [0.5, 0.6) is 5.75 Å². The summed E-state index contributed by atoms with van der Waals surface area (Å²) in [5, 5.41) is 34.9. The van der Waals surface area contributed by atoms with Crippen LogP contribution in [0.2, 0.25) is 0 Å². The number of esters is 1. The molecule has 9 nitrogen and oxygen atoms in total. The van der Waals surface area contributed by atoms with Crippen molar-refractivity contribution < 1.29 is 29.3 Å². The number of aliphatic hydroxyl groups is 2. The number of rotatable bonds is 14. The zero-order valence-corrected chi connectivity index (χ0v) is 21.4. The number of hydrogen-bond donors (Lipinski definition) is 4. The van der Waals surface area contributed by atoms with Crippen molar-refractivity contribution in [1.29, 1.82) is 5.26 Å². The molecule has 0 saturated heterocycles. The van der Waals surface area contributed by atoms with Crippen molar-refractivity contribution in [1.82, 2.24) is 10.6 Å². The maximum Gasteiger partial charge on any atom is 0.308 e. The molecule has 0 fully saturated rings.